The molecule has 1 N–H and O–H groups in total. The summed E-state index contributed by atoms with van der Waals surface area (Å²) >= 11 is 6.26. The van der Waals surface area contributed by atoms with Gasteiger partial charge < -0.3 is 10.2 Å². The van der Waals surface area contributed by atoms with Crippen molar-refractivity contribution in [3.8, 4) is 0 Å². The van der Waals surface area contributed by atoms with Crippen LogP contribution in [0.15, 0.2) is 108 Å². The van der Waals surface area contributed by atoms with E-state index in [1.54, 1.807) is 48.5 Å². The molecular weight excluding hydrogens is 613 g/mol. The quantitative estimate of drug-likeness (QED) is 0.157. The summed E-state index contributed by atoms with van der Waals surface area (Å²) in [6.45, 7) is 3.34. The molecule has 0 unspecified atom stereocenters. The van der Waals surface area contributed by atoms with Gasteiger partial charge in [-0.25, -0.2) is 12.8 Å². The van der Waals surface area contributed by atoms with Crippen molar-refractivity contribution in [2.75, 3.05) is 17.4 Å². The maximum Gasteiger partial charge on any atom is 0.264 e. The first-order valence-electron chi connectivity index (χ1n) is 14.8. The minimum atomic E-state index is -4.27. The lowest BCUT2D eigenvalue weighted by atomic mass is 10.0. The molecule has 0 aliphatic carbocycles. The fraction of sp³-hybridized carbons (Fsp3) is 0.257. The molecule has 0 aromatic heterocycles. The lowest BCUT2D eigenvalue weighted by Crippen LogP contribution is -2.53. The van der Waals surface area contributed by atoms with Gasteiger partial charge in [0.05, 0.1) is 10.6 Å². The number of benzene rings is 4. The number of hydrogen-bond donors (Lipinski definition) is 1. The molecule has 0 saturated heterocycles. The number of hydrogen-bond acceptors (Lipinski definition) is 4. The van der Waals surface area contributed by atoms with Crippen molar-refractivity contribution in [1.29, 1.82) is 0 Å². The molecule has 0 saturated carbocycles. The molecule has 0 aliphatic rings. The van der Waals surface area contributed by atoms with Gasteiger partial charge in [0.2, 0.25) is 11.8 Å². The summed E-state index contributed by atoms with van der Waals surface area (Å²) in [6.07, 6.45) is 1.73. The van der Waals surface area contributed by atoms with Gasteiger partial charge in [0.1, 0.15) is 18.4 Å². The van der Waals surface area contributed by atoms with Crippen LogP contribution < -0.4 is 9.62 Å². The molecule has 45 heavy (non-hydrogen) atoms. The van der Waals surface area contributed by atoms with Crippen LogP contribution in [0.5, 0.6) is 0 Å². The van der Waals surface area contributed by atoms with Gasteiger partial charge in [-0.3, -0.25) is 13.9 Å². The predicted octanol–water partition coefficient (Wildman–Crippen LogP) is 6.54. The minimum Gasteiger partial charge on any atom is -0.354 e. The first kappa shape index (κ1) is 33.7. The van der Waals surface area contributed by atoms with Gasteiger partial charge in [0.25, 0.3) is 10.0 Å². The SMILES string of the molecule is CCCCNC(=O)[C@H](Cc1ccccc1)N(Cc1ccccc1F)C(=O)CN(c1cccc(Cl)c1)S(=O)(=O)c1ccc(C)cc1. The number of unbranched alkanes of at least 4 members (excludes halogenated alkanes) is 1. The van der Waals surface area contributed by atoms with Crippen molar-refractivity contribution in [1.82, 2.24) is 10.2 Å². The van der Waals surface area contributed by atoms with Crippen LogP contribution in [0.25, 0.3) is 0 Å². The highest BCUT2D eigenvalue weighted by atomic mass is 35.5. The van der Waals surface area contributed by atoms with Crippen molar-refractivity contribution in [3.63, 3.8) is 0 Å². The van der Waals surface area contributed by atoms with Crippen molar-refractivity contribution in [3.05, 3.63) is 131 Å². The van der Waals surface area contributed by atoms with Gasteiger partial charge in [-0.15, -0.1) is 0 Å². The van der Waals surface area contributed by atoms with E-state index in [4.69, 9.17) is 11.6 Å². The van der Waals surface area contributed by atoms with Crippen LogP contribution in [-0.4, -0.2) is 44.3 Å². The number of anilines is 1. The van der Waals surface area contributed by atoms with E-state index in [1.165, 1.54) is 29.2 Å². The standard InChI is InChI=1S/C35H37ClFN3O4S/c1-3-4-21-38-35(42)33(22-27-11-6-5-7-12-27)39(24-28-13-8-9-16-32(28)37)34(41)25-40(30-15-10-14-29(36)23-30)45(43,44)31-19-17-26(2)18-20-31/h5-20,23,33H,3-4,21-22,24-25H2,1-2H3,(H,38,42)/t33-/m0/s1. The summed E-state index contributed by atoms with van der Waals surface area (Å²) in [5.41, 5.74) is 2.03. The molecule has 4 rings (SSSR count). The molecule has 2 amide bonds. The Labute approximate surface area is 269 Å². The van der Waals surface area contributed by atoms with E-state index in [1.807, 2.05) is 44.2 Å². The first-order chi connectivity index (χ1) is 21.6. The molecule has 7 nitrogen and oxygen atoms in total. The van der Waals surface area contributed by atoms with Crippen LogP contribution in [0.4, 0.5) is 10.1 Å². The van der Waals surface area contributed by atoms with Crippen LogP contribution in [0, 0.1) is 12.7 Å². The maximum atomic E-state index is 15.0. The molecule has 0 aliphatic heterocycles. The van der Waals surface area contributed by atoms with E-state index < -0.39 is 40.2 Å². The number of carbonyl (C=O) groups excluding carboxylic acids is 2. The second-order valence-electron chi connectivity index (χ2n) is 10.8. The van der Waals surface area contributed by atoms with Gasteiger partial charge in [-0.05, 0) is 55.3 Å². The highest BCUT2D eigenvalue weighted by molar-refractivity contribution is 7.92. The number of sulfonamides is 1. The summed E-state index contributed by atoms with van der Waals surface area (Å²) in [6, 6.07) is 26.7. The Morgan fingerprint density at radius 1 is 0.911 bits per heavy atom. The zero-order valence-corrected chi connectivity index (χ0v) is 26.9. The Morgan fingerprint density at radius 2 is 1.60 bits per heavy atom. The Bertz CT molecular complexity index is 1700. The van der Waals surface area contributed by atoms with Crippen molar-refractivity contribution >= 4 is 39.1 Å². The molecule has 0 heterocycles. The molecule has 0 spiro atoms. The number of amides is 2. The van der Waals surface area contributed by atoms with Crippen LogP contribution >= 0.6 is 11.6 Å². The zero-order chi connectivity index (χ0) is 32.4. The van der Waals surface area contributed by atoms with E-state index in [2.05, 4.69) is 5.32 Å². The molecular formula is C35H37ClFN3O4S. The van der Waals surface area contributed by atoms with E-state index in [-0.39, 0.29) is 34.1 Å². The summed E-state index contributed by atoms with van der Waals surface area (Å²) in [7, 11) is -4.27. The second kappa shape index (κ2) is 15.7. The van der Waals surface area contributed by atoms with E-state index in [9.17, 15) is 18.0 Å². The maximum absolute atomic E-state index is 15.0. The molecule has 236 valence electrons. The first-order valence-corrected chi connectivity index (χ1v) is 16.6. The van der Waals surface area contributed by atoms with E-state index in [0.29, 0.717) is 6.54 Å². The van der Waals surface area contributed by atoms with Crippen LogP contribution in [0.1, 0.15) is 36.5 Å². The summed E-state index contributed by atoms with van der Waals surface area (Å²) in [4.78, 5) is 29.4. The van der Waals surface area contributed by atoms with Crippen LogP contribution in [0.2, 0.25) is 5.02 Å². The second-order valence-corrected chi connectivity index (χ2v) is 13.1. The van der Waals surface area contributed by atoms with Crippen molar-refractivity contribution in [2.24, 2.45) is 0 Å². The van der Waals surface area contributed by atoms with Gasteiger partial charge in [-0.1, -0.05) is 97.2 Å². The zero-order valence-electron chi connectivity index (χ0n) is 25.3. The van der Waals surface area contributed by atoms with Crippen molar-refractivity contribution < 1.29 is 22.4 Å². The largest absolute Gasteiger partial charge is 0.354 e. The molecule has 0 radical (unpaired) electrons. The fourth-order valence-electron chi connectivity index (χ4n) is 4.87. The smallest absolute Gasteiger partial charge is 0.264 e. The van der Waals surface area contributed by atoms with Crippen LogP contribution in [-0.2, 0) is 32.6 Å². The van der Waals surface area contributed by atoms with Gasteiger partial charge in [0, 0.05) is 30.1 Å². The lowest BCUT2D eigenvalue weighted by molar-refractivity contribution is -0.140. The Kier molecular flexibility index (Phi) is 11.7. The fourth-order valence-corrected chi connectivity index (χ4v) is 6.46. The number of rotatable bonds is 14. The molecule has 4 aromatic rings. The normalized spacial score (nSPS) is 11.9. The molecule has 0 bridgehead atoms. The van der Waals surface area contributed by atoms with Gasteiger partial charge >= 0.3 is 0 Å². The third kappa shape index (κ3) is 8.93. The molecule has 1 atom stereocenters. The third-order valence-corrected chi connectivity index (χ3v) is 9.41. The molecule has 4 aromatic carbocycles. The summed E-state index contributed by atoms with van der Waals surface area (Å²) in [5, 5.41) is 3.20. The summed E-state index contributed by atoms with van der Waals surface area (Å²) < 4.78 is 44.1. The monoisotopic (exact) mass is 649 g/mol. The highest BCUT2D eigenvalue weighted by Crippen LogP contribution is 2.27. The number of nitrogens with one attached hydrogen (secondary N) is 1. The predicted molar refractivity (Wildman–Crippen MR) is 176 cm³/mol. The Hall–Kier alpha value is -4.21. The average Bonchev–Trinajstić information content (AvgIpc) is 3.03. The van der Waals surface area contributed by atoms with Gasteiger partial charge in [0.15, 0.2) is 0 Å². The number of halogens is 2. The van der Waals surface area contributed by atoms with Crippen molar-refractivity contribution in [2.45, 2.75) is 50.6 Å². The summed E-state index contributed by atoms with van der Waals surface area (Å²) in [5.74, 6) is -1.63. The Morgan fingerprint density at radius 3 is 2.27 bits per heavy atom. The highest BCUT2D eigenvalue weighted by Gasteiger charge is 2.35. The minimum absolute atomic E-state index is 0.0142. The number of aryl methyl sites for hydroxylation is 1. The third-order valence-electron chi connectivity index (χ3n) is 7.38. The molecule has 10 heteroatoms. The average molecular weight is 650 g/mol. The van der Waals surface area contributed by atoms with E-state index >= 15 is 4.39 Å². The topological polar surface area (TPSA) is 86.8 Å². The van der Waals surface area contributed by atoms with Gasteiger partial charge in [-0.2, -0.15) is 0 Å². The number of carbonyl (C=O) groups is 2. The van der Waals surface area contributed by atoms with Crippen LogP contribution in [0.3, 0.4) is 0 Å². The lowest BCUT2D eigenvalue weighted by Gasteiger charge is -2.34. The number of nitrogens with zero attached hydrogens (tertiary/aromatic N) is 2. The molecule has 0 fully saturated rings. The Balaban J connectivity index is 1.80. The van der Waals surface area contributed by atoms with E-state index in [0.717, 1.165) is 28.3 Å².